The predicted molar refractivity (Wildman–Crippen MR) is 547 cm³/mol. The Kier molecular flexibility index (Phi) is 34.7. The number of ether oxygens (including phenoxy) is 2. The van der Waals surface area contributed by atoms with Crippen LogP contribution in [0.1, 0.15) is 152 Å². The van der Waals surface area contributed by atoms with Crippen LogP contribution in [-0.4, -0.2) is 121 Å². The number of nitrogens with two attached hydrogens (primary N) is 5. The van der Waals surface area contributed by atoms with Crippen LogP contribution in [0.5, 0.6) is 0 Å². The highest BCUT2D eigenvalue weighted by molar-refractivity contribution is 6.47. The van der Waals surface area contributed by atoms with Crippen molar-refractivity contribution in [3.05, 3.63) is 388 Å². The molecule has 34 nitrogen and oxygen atoms in total. The third-order valence-corrected chi connectivity index (χ3v) is 23.9. The predicted octanol–water partition coefficient (Wildman–Crippen LogP) is 17.2. The maximum Gasteiger partial charge on any atom is 0.304 e. The SMILES string of the molecule is CCc1c(C(=O)C(N)=O)c2c(N)cccc2n1Cc1ccccc1.CCc1c(C(=O)C(N)=O)c2c(NCOC(C)=O)cccc2n1Cc1ccccc1.CCc1c(C(=O)C(N)=O)c2c(NCOCO)cccc2n1Cc1ccccc1.CCc1c(C(=O)C(N)=O)c2c([N+](=O)[O-])cccc2n1Cc1ccccc1.CCc1cc2c([N+](=O)[O-])cccc2[nH]1.CCc1cc2c([N+](=O)[O-])cccc2n1Cc1ccccc1. The number of nitrogen functional groups attached to an aromatic ring is 1. The van der Waals surface area contributed by atoms with Gasteiger partial charge in [-0.15, -0.1) is 0 Å². The maximum absolute atomic E-state index is 12.7. The number of rotatable bonds is 34. The van der Waals surface area contributed by atoms with Gasteiger partial charge in [-0.25, -0.2) is 0 Å². The summed E-state index contributed by atoms with van der Waals surface area (Å²) in [5, 5.41) is 51.7. The molecular formula is C108H108N16O18. The van der Waals surface area contributed by atoms with Gasteiger partial charge in [-0.3, -0.25) is 73.5 Å². The first-order valence-electron chi connectivity index (χ1n) is 45.8. The number of esters is 1. The molecule has 6 heterocycles. The van der Waals surface area contributed by atoms with Gasteiger partial charge in [-0.1, -0.05) is 230 Å². The van der Waals surface area contributed by atoms with Crippen molar-refractivity contribution in [2.24, 2.45) is 22.9 Å². The first-order chi connectivity index (χ1) is 68.4. The number of Topliss-reactive ketones (excluding diaryl/α,β-unsaturated/α-hetero) is 4. The van der Waals surface area contributed by atoms with Crippen molar-refractivity contribution in [2.45, 2.75) is 120 Å². The highest BCUT2D eigenvalue weighted by Crippen LogP contribution is 2.40. The highest BCUT2D eigenvalue weighted by atomic mass is 16.6. The summed E-state index contributed by atoms with van der Waals surface area (Å²) in [6.07, 6.45) is 3.81. The van der Waals surface area contributed by atoms with Gasteiger partial charge in [0.15, 0.2) is 6.73 Å². The van der Waals surface area contributed by atoms with Gasteiger partial charge in [-0.05, 0) is 133 Å². The molecule has 0 fully saturated rings. The molecule has 0 aliphatic carbocycles. The maximum atomic E-state index is 12.7. The monoisotopic (exact) mass is 1920 g/mol. The van der Waals surface area contributed by atoms with E-state index < -0.39 is 64.4 Å². The molecule has 0 radical (unpaired) electrons. The van der Waals surface area contributed by atoms with Gasteiger partial charge in [0, 0.05) is 125 Å². The molecule has 0 aliphatic heterocycles. The molecule has 0 saturated heterocycles. The van der Waals surface area contributed by atoms with E-state index in [1.54, 1.807) is 48.5 Å². The zero-order valence-electron chi connectivity index (χ0n) is 79.2. The number of primary amides is 4. The topological polar surface area (TPSA) is 516 Å². The largest absolute Gasteiger partial charge is 0.445 e. The van der Waals surface area contributed by atoms with E-state index in [2.05, 4.69) is 39.2 Å². The molecule has 14 N–H and O–H groups in total. The van der Waals surface area contributed by atoms with Gasteiger partial charge < -0.3 is 81.7 Å². The van der Waals surface area contributed by atoms with Crippen molar-refractivity contribution in [2.75, 3.05) is 36.6 Å². The fourth-order valence-corrected chi connectivity index (χ4v) is 17.7. The number of amides is 4. The molecule has 0 saturated carbocycles. The van der Waals surface area contributed by atoms with Gasteiger partial charge in [0.25, 0.3) is 63.8 Å². The van der Waals surface area contributed by atoms with Crippen LogP contribution in [0.25, 0.3) is 65.4 Å². The van der Waals surface area contributed by atoms with E-state index in [4.69, 9.17) is 43.2 Å². The van der Waals surface area contributed by atoms with Crippen molar-refractivity contribution in [1.29, 1.82) is 0 Å². The lowest BCUT2D eigenvalue weighted by atomic mass is 10.0. The second-order valence-electron chi connectivity index (χ2n) is 32.6. The summed E-state index contributed by atoms with van der Waals surface area (Å²) in [5.74, 6) is -7.57. The summed E-state index contributed by atoms with van der Waals surface area (Å²) in [6, 6.07) is 84.7. The number of aromatic amines is 1. The molecule has 11 aromatic carbocycles. The van der Waals surface area contributed by atoms with Crippen molar-refractivity contribution in [3.8, 4) is 0 Å². The van der Waals surface area contributed by atoms with Crippen molar-refractivity contribution >= 4 is 152 Å². The van der Waals surface area contributed by atoms with E-state index in [0.717, 1.165) is 103 Å². The molecule has 0 aliphatic rings. The van der Waals surface area contributed by atoms with Crippen molar-refractivity contribution in [3.63, 3.8) is 0 Å². The summed E-state index contributed by atoms with van der Waals surface area (Å²) < 4.78 is 20.0. The minimum absolute atomic E-state index is 0.0261. The van der Waals surface area contributed by atoms with Gasteiger partial charge in [0.2, 0.25) is 0 Å². The number of ketones is 4. The second kappa shape index (κ2) is 47.8. The standard InChI is InChI=1S/C22H23N3O4.C21H23N3O4.C19H17N3O4.C19H19N3O2.C17H16N2O2.C10H10N2O2/c1-3-17-20(21(27)22(23)28)19-16(24-13-29-14(2)26)10-7-11-18(19)25(17)12-15-8-5-4-6-9-15;1-2-16-19(20(26)21(22)27)18-15(23-12-28-13-25)9-6-10-17(18)24(16)11-14-7-4-3-5-8-14;1-2-13-17(18(23)19(20)24)16-14(9-6-10-15(16)22(25)26)21(13)11-12-7-4-3-5-8-12;1-2-14-17(18(23)19(21)24)16-13(20)9-6-10-15(16)22(14)11-12-7-4-3-5-8-12;1-2-14-11-15-16(9-6-10-17(15)19(20)21)18(14)12-13-7-4-3-5-8-13;1-2-7-6-8-9(11-7)4-3-5-10(8)12(13)14/h4-11,24H,3,12-13H2,1-2H3,(H2,23,28);3-10,23,25H,2,11-13H2,1H3,(H2,22,27);3-10H,2,11H2,1H3,(H2,20,24);3-10H,2,11,20H2,1H3,(H2,21,24);3-11H,2,12H2,1H3;3-6,11H,2H2,1H3. The number of benzene rings is 11. The Bertz CT molecular complexity index is 7570. The summed E-state index contributed by atoms with van der Waals surface area (Å²) in [4.78, 5) is 143. The first-order valence-corrected chi connectivity index (χ1v) is 45.8. The minimum Gasteiger partial charge on any atom is -0.445 e. The van der Waals surface area contributed by atoms with Gasteiger partial charge in [-0.2, -0.15) is 0 Å². The number of hydrogen-bond acceptors (Lipinski definition) is 21. The van der Waals surface area contributed by atoms with Gasteiger partial charge >= 0.3 is 5.97 Å². The number of nitro groups is 3. The Morgan fingerprint density at radius 1 is 0.352 bits per heavy atom. The zero-order valence-corrected chi connectivity index (χ0v) is 79.2. The average molecular weight is 1920 g/mol. The number of carbonyl (C=O) groups excluding carboxylic acids is 9. The van der Waals surface area contributed by atoms with E-state index in [1.165, 1.54) is 24.6 Å². The fourth-order valence-electron chi connectivity index (χ4n) is 17.7. The number of nitrogens with one attached hydrogen (secondary N) is 3. The van der Waals surface area contributed by atoms with Crippen LogP contribution in [0.3, 0.4) is 0 Å². The lowest BCUT2D eigenvalue weighted by Gasteiger charge is -2.11. The van der Waals surface area contributed by atoms with Crippen LogP contribution in [0.4, 0.5) is 34.1 Å². The molecule has 6 aromatic heterocycles. The minimum atomic E-state index is -1.13. The van der Waals surface area contributed by atoms with E-state index in [9.17, 15) is 73.5 Å². The second-order valence-corrected chi connectivity index (χ2v) is 32.6. The van der Waals surface area contributed by atoms with Crippen LogP contribution in [0.15, 0.2) is 273 Å². The Hall–Kier alpha value is -17.8. The number of fused-ring (bicyclic) bond motifs is 6. The number of aliphatic hydroxyl groups is 1. The summed E-state index contributed by atoms with van der Waals surface area (Å²) >= 11 is 0. The molecule has 17 aromatic rings. The normalized spacial score (nSPS) is 10.8. The van der Waals surface area contributed by atoms with Crippen LogP contribution in [-0.2, 0) is 105 Å². The lowest BCUT2D eigenvalue weighted by Crippen LogP contribution is -2.24. The summed E-state index contributed by atoms with van der Waals surface area (Å²) in [6.45, 7) is 15.5. The number of carbonyl (C=O) groups is 9. The molecule has 0 atom stereocenters. The number of aryl methyl sites for hydroxylation is 2. The third kappa shape index (κ3) is 23.4. The molecule has 17 rings (SSSR count). The highest BCUT2D eigenvalue weighted by Gasteiger charge is 2.33. The number of nitro benzene ring substituents is 3. The quantitative estimate of drug-likeness (QED) is 0.00264. The fraction of sp³-hybridized carbons (Fsp3) is 0.194. The Balaban J connectivity index is 0.000000154. The van der Waals surface area contributed by atoms with E-state index in [0.29, 0.717) is 113 Å². The number of H-pyrrole nitrogens is 1. The Morgan fingerprint density at radius 2 is 0.669 bits per heavy atom. The number of anilines is 3. The number of aliphatic hydroxyl groups excluding tert-OH is 1. The van der Waals surface area contributed by atoms with Crippen molar-refractivity contribution < 1.29 is 72.5 Å². The average Bonchev–Trinajstić information content (AvgIpc) is 1.61. The molecule has 0 unspecified atom stereocenters. The van der Waals surface area contributed by atoms with Crippen LogP contribution in [0.2, 0.25) is 0 Å². The zero-order chi connectivity index (χ0) is 102. The molecule has 34 heteroatoms. The number of hydrogen-bond donors (Lipinski definition) is 9. The van der Waals surface area contributed by atoms with Crippen LogP contribution in [0, 0.1) is 30.3 Å². The van der Waals surface area contributed by atoms with Gasteiger partial charge in [0.05, 0.1) is 86.3 Å². The molecule has 142 heavy (non-hydrogen) atoms. The smallest absolute Gasteiger partial charge is 0.304 e. The summed E-state index contributed by atoms with van der Waals surface area (Å²) in [5.41, 5.74) is 45.1. The van der Waals surface area contributed by atoms with Crippen LogP contribution < -0.4 is 39.3 Å². The number of aromatic nitrogens is 6. The number of nitrogens with zero attached hydrogens (tertiary/aromatic N) is 8. The first kappa shape index (κ1) is 103. The van der Waals surface area contributed by atoms with Crippen molar-refractivity contribution in [1.82, 2.24) is 27.8 Å². The molecule has 0 bridgehead atoms. The number of non-ortho nitro benzene ring substituents is 3. The summed E-state index contributed by atoms with van der Waals surface area (Å²) in [7, 11) is 0. The lowest BCUT2D eigenvalue weighted by molar-refractivity contribution is -0.383. The Morgan fingerprint density at radius 3 is 1.02 bits per heavy atom. The van der Waals surface area contributed by atoms with E-state index in [1.807, 2.05) is 253 Å². The molecule has 4 amide bonds. The van der Waals surface area contributed by atoms with Gasteiger partial charge in [0.1, 0.15) is 13.5 Å². The van der Waals surface area contributed by atoms with E-state index in [-0.39, 0.29) is 56.9 Å². The molecule has 728 valence electrons. The van der Waals surface area contributed by atoms with E-state index >= 15 is 0 Å². The Labute approximate surface area is 815 Å². The molecule has 0 spiro atoms. The third-order valence-electron chi connectivity index (χ3n) is 23.9. The molecular weight excluding hydrogens is 1810 g/mol. The van der Waals surface area contributed by atoms with Crippen LogP contribution >= 0.6 is 0 Å².